The van der Waals surface area contributed by atoms with Crippen molar-refractivity contribution < 1.29 is 4.79 Å². The van der Waals surface area contributed by atoms with Crippen LogP contribution in [0.25, 0.3) is 0 Å². The fourth-order valence-electron chi connectivity index (χ4n) is 2.77. The Labute approximate surface area is 154 Å². The third-order valence-electron chi connectivity index (χ3n) is 4.05. The molecule has 0 unspecified atom stereocenters. The largest absolute Gasteiger partial charge is 0.273 e. The van der Waals surface area contributed by atoms with Crippen molar-refractivity contribution >= 4 is 11.6 Å². The van der Waals surface area contributed by atoms with Crippen molar-refractivity contribution in [1.29, 1.82) is 0 Å². The highest BCUT2D eigenvalue weighted by molar-refractivity contribution is 5.90. The Kier molecular flexibility index (Phi) is 6.32. The van der Waals surface area contributed by atoms with Gasteiger partial charge in [0.05, 0.1) is 6.42 Å². The summed E-state index contributed by atoms with van der Waals surface area (Å²) in [6.45, 7) is 0. The molecule has 0 radical (unpaired) electrons. The average molecular weight is 342 g/mol. The van der Waals surface area contributed by atoms with Gasteiger partial charge >= 0.3 is 0 Å². The Morgan fingerprint density at radius 3 is 1.42 bits per heavy atom. The van der Waals surface area contributed by atoms with Gasteiger partial charge in [0.2, 0.25) is 5.91 Å². The highest BCUT2D eigenvalue weighted by Gasteiger charge is 2.06. The van der Waals surface area contributed by atoms with Crippen molar-refractivity contribution in [3.63, 3.8) is 0 Å². The zero-order chi connectivity index (χ0) is 18.0. The molecular formula is C23H22N2O. The Morgan fingerprint density at radius 2 is 1.00 bits per heavy atom. The van der Waals surface area contributed by atoms with Crippen LogP contribution in [0.2, 0.25) is 0 Å². The Morgan fingerprint density at radius 1 is 0.615 bits per heavy atom. The monoisotopic (exact) mass is 342 g/mol. The SMILES string of the molecule is O=C(Cc1ccccc1)NN=C(Cc1ccccc1)Cc1ccccc1. The third-order valence-corrected chi connectivity index (χ3v) is 4.05. The molecule has 26 heavy (non-hydrogen) atoms. The number of rotatable bonds is 7. The Bertz CT molecular complexity index is 800. The highest BCUT2D eigenvalue weighted by Crippen LogP contribution is 2.07. The second kappa shape index (κ2) is 9.33. The van der Waals surface area contributed by atoms with Crippen molar-refractivity contribution in [2.45, 2.75) is 19.3 Å². The second-order valence-electron chi connectivity index (χ2n) is 6.20. The zero-order valence-corrected chi connectivity index (χ0v) is 14.6. The number of hydrazone groups is 1. The minimum atomic E-state index is -0.102. The maximum absolute atomic E-state index is 12.2. The molecule has 1 amide bonds. The van der Waals surface area contributed by atoms with Gasteiger partial charge in [-0.15, -0.1) is 0 Å². The summed E-state index contributed by atoms with van der Waals surface area (Å²) < 4.78 is 0. The quantitative estimate of drug-likeness (QED) is 0.508. The molecule has 0 atom stereocenters. The summed E-state index contributed by atoms with van der Waals surface area (Å²) in [5.74, 6) is -0.102. The lowest BCUT2D eigenvalue weighted by Gasteiger charge is -2.08. The molecule has 0 saturated carbocycles. The molecule has 3 nitrogen and oxygen atoms in total. The van der Waals surface area contributed by atoms with E-state index >= 15 is 0 Å². The van der Waals surface area contributed by atoms with Crippen LogP contribution in [-0.4, -0.2) is 11.6 Å². The fraction of sp³-hybridized carbons (Fsp3) is 0.130. The lowest BCUT2D eigenvalue weighted by Crippen LogP contribution is -2.23. The van der Waals surface area contributed by atoms with E-state index in [-0.39, 0.29) is 5.91 Å². The standard InChI is InChI=1S/C23H22N2O/c26-23(18-21-14-8-3-9-15-21)25-24-22(16-19-10-4-1-5-11-19)17-20-12-6-2-7-13-20/h1-15H,16-18H2,(H,25,26). The number of hydrogen-bond acceptors (Lipinski definition) is 2. The summed E-state index contributed by atoms with van der Waals surface area (Å²) in [5, 5.41) is 4.43. The lowest BCUT2D eigenvalue weighted by atomic mass is 10.0. The first kappa shape index (κ1) is 17.6. The lowest BCUT2D eigenvalue weighted by molar-refractivity contribution is -0.120. The van der Waals surface area contributed by atoms with E-state index in [0.717, 1.165) is 11.3 Å². The molecule has 3 heteroatoms. The maximum Gasteiger partial charge on any atom is 0.244 e. The normalized spacial score (nSPS) is 10.2. The van der Waals surface area contributed by atoms with E-state index in [9.17, 15) is 4.79 Å². The van der Waals surface area contributed by atoms with Gasteiger partial charge in [-0.1, -0.05) is 91.0 Å². The summed E-state index contributed by atoms with van der Waals surface area (Å²) in [5.41, 5.74) is 6.99. The van der Waals surface area contributed by atoms with Gasteiger partial charge in [0, 0.05) is 18.6 Å². The third kappa shape index (κ3) is 5.71. The molecule has 3 aromatic rings. The molecule has 0 heterocycles. The van der Waals surface area contributed by atoms with Crippen LogP contribution in [0.4, 0.5) is 0 Å². The topological polar surface area (TPSA) is 41.5 Å². The highest BCUT2D eigenvalue weighted by atomic mass is 16.2. The smallest absolute Gasteiger partial charge is 0.244 e. The van der Waals surface area contributed by atoms with Crippen LogP contribution in [0.1, 0.15) is 16.7 Å². The number of carbonyl (C=O) groups excluding carboxylic acids is 1. The van der Waals surface area contributed by atoms with Crippen LogP contribution in [0.5, 0.6) is 0 Å². The predicted octanol–water partition coefficient (Wildman–Crippen LogP) is 4.19. The van der Waals surface area contributed by atoms with E-state index in [1.807, 2.05) is 66.7 Å². The molecule has 0 aliphatic carbocycles. The molecule has 3 rings (SSSR count). The van der Waals surface area contributed by atoms with E-state index < -0.39 is 0 Å². The number of amides is 1. The van der Waals surface area contributed by atoms with Gasteiger partial charge < -0.3 is 0 Å². The molecule has 0 aromatic heterocycles. The van der Waals surface area contributed by atoms with Gasteiger partial charge in [0.25, 0.3) is 0 Å². The number of benzene rings is 3. The van der Waals surface area contributed by atoms with Crippen molar-refractivity contribution in [3.8, 4) is 0 Å². The van der Waals surface area contributed by atoms with Crippen LogP contribution in [0.15, 0.2) is 96.1 Å². The fourth-order valence-corrected chi connectivity index (χ4v) is 2.77. The number of carbonyl (C=O) groups is 1. The molecule has 1 N–H and O–H groups in total. The number of nitrogens with zero attached hydrogens (tertiary/aromatic N) is 1. The van der Waals surface area contributed by atoms with Crippen molar-refractivity contribution in [3.05, 3.63) is 108 Å². The van der Waals surface area contributed by atoms with Crippen molar-refractivity contribution in [2.75, 3.05) is 0 Å². The Hall–Kier alpha value is -3.20. The zero-order valence-electron chi connectivity index (χ0n) is 14.6. The molecule has 0 aliphatic heterocycles. The first-order valence-electron chi connectivity index (χ1n) is 8.75. The van der Waals surface area contributed by atoms with Crippen molar-refractivity contribution in [2.24, 2.45) is 5.10 Å². The van der Waals surface area contributed by atoms with E-state index in [0.29, 0.717) is 19.3 Å². The maximum atomic E-state index is 12.2. The van der Waals surface area contributed by atoms with E-state index in [1.165, 1.54) is 11.1 Å². The summed E-state index contributed by atoms with van der Waals surface area (Å²) in [6, 6.07) is 30.1. The van der Waals surface area contributed by atoms with Crippen LogP contribution in [-0.2, 0) is 24.1 Å². The van der Waals surface area contributed by atoms with Gasteiger partial charge in [-0.05, 0) is 16.7 Å². The van der Waals surface area contributed by atoms with Crippen LogP contribution in [0.3, 0.4) is 0 Å². The Balaban J connectivity index is 1.69. The van der Waals surface area contributed by atoms with Gasteiger partial charge in [-0.2, -0.15) is 5.10 Å². The summed E-state index contributed by atoms with van der Waals surface area (Å²) >= 11 is 0. The molecule has 0 bridgehead atoms. The molecule has 0 fully saturated rings. The van der Waals surface area contributed by atoms with Gasteiger partial charge in [-0.3, -0.25) is 4.79 Å². The summed E-state index contributed by atoms with van der Waals surface area (Å²) in [4.78, 5) is 12.2. The first-order chi connectivity index (χ1) is 12.8. The minimum absolute atomic E-state index is 0.102. The van der Waals surface area contributed by atoms with E-state index in [1.54, 1.807) is 0 Å². The van der Waals surface area contributed by atoms with Crippen LogP contribution >= 0.6 is 0 Å². The minimum Gasteiger partial charge on any atom is -0.273 e. The average Bonchev–Trinajstić information content (AvgIpc) is 2.68. The summed E-state index contributed by atoms with van der Waals surface area (Å²) in [7, 11) is 0. The first-order valence-corrected chi connectivity index (χ1v) is 8.75. The summed E-state index contributed by atoms with van der Waals surface area (Å²) in [6.07, 6.45) is 1.75. The molecular weight excluding hydrogens is 320 g/mol. The van der Waals surface area contributed by atoms with Gasteiger partial charge in [0.15, 0.2) is 0 Å². The molecule has 0 aliphatic rings. The number of hydrogen-bond donors (Lipinski definition) is 1. The van der Waals surface area contributed by atoms with Crippen molar-refractivity contribution in [1.82, 2.24) is 5.43 Å². The number of nitrogens with one attached hydrogen (secondary N) is 1. The molecule has 3 aromatic carbocycles. The van der Waals surface area contributed by atoms with Crippen LogP contribution in [0, 0.1) is 0 Å². The predicted molar refractivity (Wildman–Crippen MR) is 106 cm³/mol. The van der Waals surface area contributed by atoms with E-state index in [2.05, 4.69) is 34.8 Å². The van der Waals surface area contributed by atoms with Gasteiger partial charge in [-0.25, -0.2) is 5.43 Å². The molecule has 130 valence electrons. The second-order valence-corrected chi connectivity index (χ2v) is 6.20. The van der Waals surface area contributed by atoms with Gasteiger partial charge in [0.1, 0.15) is 0 Å². The van der Waals surface area contributed by atoms with E-state index in [4.69, 9.17) is 0 Å². The molecule has 0 spiro atoms. The van der Waals surface area contributed by atoms with Crippen LogP contribution < -0.4 is 5.43 Å². The molecule has 0 saturated heterocycles.